The Bertz CT molecular complexity index is 1080. The van der Waals surface area contributed by atoms with Crippen LogP contribution in [0.2, 0.25) is 0 Å². The molecule has 9 heteroatoms. The van der Waals surface area contributed by atoms with Gasteiger partial charge in [-0.15, -0.1) is 10.2 Å². The van der Waals surface area contributed by atoms with Crippen LogP contribution in [0.25, 0.3) is 17.1 Å². The van der Waals surface area contributed by atoms with E-state index in [0.717, 1.165) is 18.7 Å². The molecule has 5 rings (SSSR count). The minimum atomic E-state index is -0.238. The zero-order chi connectivity index (χ0) is 17.5. The zero-order valence-electron chi connectivity index (χ0n) is 13.6. The second-order valence-electron chi connectivity index (χ2n) is 6.16. The van der Waals surface area contributed by atoms with Gasteiger partial charge < -0.3 is 14.3 Å². The van der Waals surface area contributed by atoms with Gasteiger partial charge >= 0.3 is 0 Å². The largest absolute Gasteiger partial charge is 0.472 e. The fourth-order valence-corrected chi connectivity index (χ4v) is 2.76. The van der Waals surface area contributed by atoms with Crippen molar-refractivity contribution in [3.05, 3.63) is 54.1 Å². The van der Waals surface area contributed by atoms with E-state index >= 15 is 0 Å². The van der Waals surface area contributed by atoms with Gasteiger partial charge in [0.25, 0.3) is 11.8 Å². The molecule has 4 aromatic heterocycles. The molecule has 0 radical (unpaired) electrons. The molecule has 4 aromatic rings. The molecule has 0 aliphatic heterocycles. The highest BCUT2D eigenvalue weighted by atomic mass is 16.5. The van der Waals surface area contributed by atoms with Crippen LogP contribution >= 0.6 is 0 Å². The summed E-state index contributed by atoms with van der Waals surface area (Å²) in [6.07, 6.45) is 6.88. The van der Waals surface area contributed by atoms with E-state index in [1.807, 2.05) is 18.3 Å². The maximum absolute atomic E-state index is 12.0. The van der Waals surface area contributed by atoms with Gasteiger partial charge in [-0.2, -0.15) is 4.98 Å². The first kappa shape index (κ1) is 14.8. The summed E-state index contributed by atoms with van der Waals surface area (Å²) in [5.74, 6) is 1.95. The third-order valence-electron chi connectivity index (χ3n) is 4.31. The van der Waals surface area contributed by atoms with Crippen LogP contribution < -0.4 is 5.32 Å². The number of hydrogen-bond acceptors (Lipinski definition) is 7. The second-order valence-corrected chi connectivity index (χ2v) is 6.16. The molecule has 1 amide bonds. The summed E-state index contributed by atoms with van der Waals surface area (Å²) in [5, 5.41) is 15.2. The monoisotopic (exact) mass is 350 g/mol. The lowest BCUT2D eigenvalue weighted by Gasteiger charge is -2.03. The van der Waals surface area contributed by atoms with Crippen molar-refractivity contribution in [2.75, 3.05) is 0 Å². The topological polar surface area (TPSA) is 111 Å². The maximum atomic E-state index is 12.0. The molecule has 1 fully saturated rings. The van der Waals surface area contributed by atoms with Gasteiger partial charge in [0.15, 0.2) is 17.3 Å². The van der Waals surface area contributed by atoms with Crippen molar-refractivity contribution >= 4 is 11.6 Å². The van der Waals surface area contributed by atoms with Gasteiger partial charge in [0, 0.05) is 12.1 Å². The Morgan fingerprint density at radius 1 is 1.31 bits per heavy atom. The molecule has 4 heterocycles. The number of carbonyl (C=O) groups is 1. The molecule has 0 saturated heterocycles. The van der Waals surface area contributed by atoms with Gasteiger partial charge in [0.1, 0.15) is 6.26 Å². The lowest BCUT2D eigenvalue weighted by molar-refractivity contribution is 0.0949. The van der Waals surface area contributed by atoms with E-state index < -0.39 is 0 Å². The molecular formula is C17H14N6O3. The highest BCUT2D eigenvalue weighted by Gasteiger charge is 2.29. The molecular weight excluding hydrogens is 336 g/mol. The number of carbonyl (C=O) groups excluding carboxylic acids is 1. The van der Waals surface area contributed by atoms with Crippen molar-refractivity contribution in [2.45, 2.75) is 25.3 Å². The number of pyridine rings is 1. The van der Waals surface area contributed by atoms with Crippen LogP contribution in [0.15, 0.2) is 45.9 Å². The summed E-state index contributed by atoms with van der Waals surface area (Å²) >= 11 is 0. The molecule has 130 valence electrons. The van der Waals surface area contributed by atoms with Crippen molar-refractivity contribution < 1.29 is 13.7 Å². The first-order valence-corrected chi connectivity index (χ1v) is 8.26. The number of nitrogens with one attached hydrogen (secondary N) is 1. The predicted octanol–water partition coefficient (Wildman–Crippen LogP) is 2.18. The molecule has 0 bridgehead atoms. The fraction of sp³-hybridized carbons (Fsp3) is 0.235. The molecule has 0 spiro atoms. The van der Waals surface area contributed by atoms with Gasteiger partial charge in [0.2, 0.25) is 0 Å². The molecule has 1 saturated carbocycles. The Balaban J connectivity index is 1.42. The van der Waals surface area contributed by atoms with Crippen molar-refractivity contribution in [3.63, 3.8) is 0 Å². The number of aromatic nitrogens is 5. The van der Waals surface area contributed by atoms with Gasteiger partial charge in [0.05, 0.1) is 23.9 Å². The number of rotatable bonds is 5. The smallest absolute Gasteiger partial charge is 0.261 e. The summed E-state index contributed by atoms with van der Waals surface area (Å²) in [7, 11) is 0. The zero-order valence-corrected chi connectivity index (χ0v) is 13.6. The quantitative estimate of drug-likeness (QED) is 0.587. The SMILES string of the molecule is O=C(NCc1nnc2c(-c3nc(C4CC4)no3)cccn12)c1ccoc1. The Hall–Kier alpha value is -3.49. The maximum Gasteiger partial charge on any atom is 0.261 e. The molecule has 1 N–H and O–H groups in total. The van der Waals surface area contributed by atoms with Crippen LogP contribution in [0, 0.1) is 0 Å². The Labute approximate surface area is 147 Å². The van der Waals surface area contributed by atoms with E-state index in [-0.39, 0.29) is 12.5 Å². The minimum Gasteiger partial charge on any atom is -0.472 e. The van der Waals surface area contributed by atoms with Crippen LogP contribution in [0.3, 0.4) is 0 Å². The van der Waals surface area contributed by atoms with Crippen LogP contribution in [0.4, 0.5) is 0 Å². The third-order valence-corrected chi connectivity index (χ3v) is 4.31. The van der Waals surface area contributed by atoms with Crippen LogP contribution in [0.5, 0.6) is 0 Å². The molecule has 1 aliphatic rings. The molecule has 0 unspecified atom stereocenters. The van der Waals surface area contributed by atoms with E-state index in [1.54, 1.807) is 10.5 Å². The van der Waals surface area contributed by atoms with Crippen LogP contribution in [-0.2, 0) is 6.54 Å². The third kappa shape index (κ3) is 2.53. The lowest BCUT2D eigenvalue weighted by Crippen LogP contribution is -2.23. The minimum absolute atomic E-state index is 0.228. The van der Waals surface area contributed by atoms with Crippen molar-refractivity contribution in [3.8, 4) is 11.5 Å². The number of fused-ring (bicyclic) bond motifs is 1. The van der Waals surface area contributed by atoms with Crippen LogP contribution in [0.1, 0.15) is 40.8 Å². The average molecular weight is 350 g/mol. The van der Waals surface area contributed by atoms with Gasteiger partial charge in [-0.25, -0.2) is 0 Å². The standard InChI is InChI=1S/C17H14N6O3/c24-16(11-5-7-25-9-11)18-8-13-20-21-15-12(2-1-6-23(13)15)17-19-14(22-26-17)10-3-4-10/h1-2,5-7,9-10H,3-4,8H2,(H,18,24). The summed E-state index contributed by atoms with van der Waals surface area (Å²) < 4.78 is 12.1. The van der Waals surface area contributed by atoms with Crippen LogP contribution in [-0.4, -0.2) is 30.6 Å². The Kier molecular flexibility index (Phi) is 3.30. The Morgan fingerprint density at radius 3 is 3.04 bits per heavy atom. The van der Waals surface area contributed by atoms with Gasteiger partial charge in [-0.3, -0.25) is 9.20 Å². The van der Waals surface area contributed by atoms with Crippen molar-refractivity contribution in [1.82, 2.24) is 30.1 Å². The van der Waals surface area contributed by atoms with Crippen molar-refractivity contribution in [2.24, 2.45) is 0 Å². The lowest BCUT2D eigenvalue weighted by atomic mass is 10.2. The number of nitrogens with zero attached hydrogens (tertiary/aromatic N) is 5. The van der Waals surface area contributed by atoms with Crippen molar-refractivity contribution in [1.29, 1.82) is 0 Å². The summed E-state index contributed by atoms with van der Waals surface area (Å²) in [4.78, 5) is 16.5. The van der Waals surface area contributed by atoms with E-state index in [1.165, 1.54) is 12.5 Å². The second kappa shape index (κ2) is 5.80. The van der Waals surface area contributed by atoms with Gasteiger partial charge in [-0.1, -0.05) is 5.16 Å². The molecule has 26 heavy (non-hydrogen) atoms. The molecule has 0 atom stereocenters. The molecule has 9 nitrogen and oxygen atoms in total. The normalized spacial score (nSPS) is 14.0. The van der Waals surface area contributed by atoms with E-state index in [9.17, 15) is 4.79 Å². The molecule has 0 aromatic carbocycles. The highest BCUT2D eigenvalue weighted by molar-refractivity contribution is 5.93. The average Bonchev–Trinajstić information content (AvgIpc) is 3.10. The highest BCUT2D eigenvalue weighted by Crippen LogP contribution is 2.39. The molecule has 1 aliphatic carbocycles. The van der Waals surface area contributed by atoms with Gasteiger partial charge in [-0.05, 0) is 31.0 Å². The summed E-state index contributed by atoms with van der Waals surface area (Å²) in [6.45, 7) is 0.228. The fourth-order valence-electron chi connectivity index (χ4n) is 2.76. The number of furan rings is 1. The summed E-state index contributed by atoms with van der Waals surface area (Å²) in [6, 6.07) is 5.32. The van der Waals surface area contributed by atoms with E-state index in [0.29, 0.717) is 34.4 Å². The predicted molar refractivity (Wildman–Crippen MR) is 88.1 cm³/mol. The first-order valence-electron chi connectivity index (χ1n) is 8.26. The van der Waals surface area contributed by atoms with E-state index in [4.69, 9.17) is 8.94 Å². The Morgan fingerprint density at radius 2 is 2.23 bits per heavy atom. The van der Waals surface area contributed by atoms with E-state index in [2.05, 4.69) is 25.7 Å². The number of hydrogen-bond donors (Lipinski definition) is 1. The summed E-state index contributed by atoms with van der Waals surface area (Å²) in [5.41, 5.74) is 1.77. The first-order chi connectivity index (χ1) is 12.8. The number of amides is 1.